The maximum atomic E-state index is 9.85. The molecule has 5 nitrogen and oxygen atoms in total. The van der Waals surface area contributed by atoms with Gasteiger partial charge in [-0.3, -0.25) is 0 Å². The molecule has 2 aromatic rings. The number of nitrogens with two attached hydrogens (primary N) is 1. The molecule has 0 spiro atoms. The van der Waals surface area contributed by atoms with Crippen LogP contribution in [0.25, 0.3) is 11.0 Å². The van der Waals surface area contributed by atoms with E-state index in [0.29, 0.717) is 29.1 Å². The highest BCUT2D eigenvalue weighted by molar-refractivity contribution is 5.84. The minimum absolute atomic E-state index is 0.300. The van der Waals surface area contributed by atoms with Crippen LogP contribution in [-0.2, 0) is 6.54 Å². The zero-order valence-electron chi connectivity index (χ0n) is 9.81. The van der Waals surface area contributed by atoms with Gasteiger partial charge in [0, 0.05) is 0 Å². The van der Waals surface area contributed by atoms with Crippen molar-refractivity contribution in [2.45, 2.75) is 26.0 Å². The van der Waals surface area contributed by atoms with Gasteiger partial charge in [-0.25, -0.2) is 4.98 Å². The Hall–Kier alpha value is -2.06. The molecule has 0 fully saturated rings. The van der Waals surface area contributed by atoms with Gasteiger partial charge in [-0.15, -0.1) is 0 Å². The summed E-state index contributed by atoms with van der Waals surface area (Å²) in [6.07, 6.45) is 0. The Morgan fingerprint density at radius 1 is 1.53 bits per heavy atom. The van der Waals surface area contributed by atoms with Crippen LogP contribution in [0.1, 0.15) is 19.4 Å². The Kier molecular flexibility index (Phi) is 2.52. The number of para-hydroxylation sites is 1. The molecule has 1 aromatic heterocycles. The topological polar surface area (TPSA) is 87.9 Å². The number of nitrogens with zero attached hydrogens (tertiary/aromatic N) is 3. The van der Waals surface area contributed by atoms with Crippen molar-refractivity contribution in [2.75, 3.05) is 5.73 Å². The van der Waals surface area contributed by atoms with Crippen LogP contribution in [0.4, 0.5) is 5.95 Å². The van der Waals surface area contributed by atoms with Crippen molar-refractivity contribution in [3.8, 4) is 6.07 Å². The highest BCUT2D eigenvalue weighted by atomic mass is 16.3. The van der Waals surface area contributed by atoms with E-state index in [0.717, 1.165) is 0 Å². The van der Waals surface area contributed by atoms with Crippen LogP contribution in [0.15, 0.2) is 18.2 Å². The molecule has 88 valence electrons. The van der Waals surface area contributed by atoms with Gasteiger partial charge in [0.1, 0.15) is 6.07 Å². The minimum atomic E-state index is -0.912. The normalized spacial score (nSPS) is 11.6. The molecule has 2 rings (SSSR count). The maximum absolute atomic E-state index is 9.85. The molecule has 1 heterocycles. The van der Waals surface area contributed by atoms with Crippen molar-refractivity contribution in [3.63, 3.8) is 0 Å². The summed E-state index contributed by atoms with van der Waals surface area (Å²) in [6.45, 7) is 3.68. The molecule has 0 aliphatic rings. The third-order valence-corrected chi connectivity index (χ3v) is 2.46. The lowest BCUT2D eigenvalue weighted by molar-refractivity contribution is 0.0633. The zero-order valence-corrected chi connectivity index (χ0v) is 9.81. The second-order valence-electron chi connectivity index (χ2n) is 4.65. The molecule has 17 heavy (non-hydrogen) atoms. The molecule has 3 N–H and O–H groups in total. The number of anilines is 1. The van der Waals surface area contributed by atoms with Crippen molar-refractivity contribution in [1.29, 1.82) is 5.26 Å². The molecule has 0 atom stereocenters. The van der Waals surface area contributed by atoms with Crippen LogP contribution >= 0.6 is 0 Å². The highest BCUT2D eigenvalue weighted by Crippen LogP contribution is 2.23. The number of nitriles is 1. The van der Waals surface area contributed by atoms with Crippen molar-refractivity contribution in [2.24, 2.45) is 0 Å². The first-order valence-corrected chi connectivity index (χ1v) is 5.29. The first-order chi connectivity index (χ1) is 7.92. The number of aliphatic hydroxyl groups is 1. The Labute approximate surface area is 99.1 Å². The number of fused-ring (bicyclic) bond motifs is 1. The van der Waals surface area contributed by atoms with E-state index in [1.54, 1.807) is 36.6 Å². The summed E-state index contributed by atoms with van der Waals surface area (Å²) < 4.78 is 1.67. The van der Waals surface area contributed by atoms with E-state index in [9.17, 15) is 5.11 Å². The Bertz CT molecular complexity index is 601. The smallest absolute Gasteiger partial charge is 0.201 e. The van der Waals surface area contributed by atoms with Gasteiger partial charge in [-0.2, -0.15) is 5.26 Å². The van der Waals surface area contributed by atoms with E-state index in [1.807, 2.05) is 0 Å². The van der Waals surface area contributed by atoms with Gasteiger partial charge < -0.3 is 15.4 Å². The molecule has 0 saturated carbocycles. The van der Waals surface area contributed by atoms with Gasteiger partial charge in [0.25, 0.3) is 0 Å². The van der Waals surface area contributed by atoms with E-state index < -0.39 is 5.60 Å². The Balaban J connectivity index is 2.70. The standard InChI is InChI=1S/C12H14N4O/c1-12(2,17)7-16-10-8(6-13)4-3-5-9(10)15-11(16)14/h3-5,17H,7H2,1-2H3,(H2,14,15). The van der Waals surface area contributed by atoms with Gasteiger partial charge in [-0.1, -0.05) is 6.07 Å². The molecular weight excluding hydrogens is 216 g/mol. The van der Waals surface area contributed by atoms with E-state index in [4.69, 9.17) is 11.0 Å². The summed E-state index contributed by atoms with van der Waals surface area (Å²) in [5, 5.41) is 18.9. The summed E-state index contributed by atoms with van der Waals surface area (Å²) in [5.41, 5.74) is 6.76. The number of benzene rings is 1. The van der Waals surface area contributed by atoms with Crippen LogP contribution in [0.3, 0.4) is 0 Å². The lowest BCUT2D eigenvalue weighted by atomic mass is 10.1. The number of hydrogen-bond acceptors (Lipinski definition) is 4. The maximum Gasteiger partial charge on any atom is 0.201 e. The molecule has 0 saturated heterocycles. The third-order valence-electron chi connectivity index (χ3n) is 2.46. The van der Waals surface area contributed by atoms with E-state index in [1.165, 1.54) is 0 Å². The molecule has 0 amide bonds. The fourth-order valence-electron chi connectivity index (χ4n) is 1.84. The van der Waals surface area contributed by atoms with Crippen LogP contribution in [-0.4, -0.2) is 20.3 Å². The van der Waals surface area contributed by atoms with Crippen molar-refractivity contribution in [3.05, 3.63) is 23.8 Å². The fraction of sp³-hybridized carbons (Fsp3) is 0.333. The number of rotatable bonds is 2. The molecule has 0 radical (unpaired) electrons. The molecule has 0 aliphatic heterocycles. The van der Waals surface area contributed by atoms with Gasteiger partial charge in [0.15, 0.2) is 0 Å². The van der Waals surface area contributed by atoms with E-state index in [-0.39, 0.29) is 0 Å². The number of imidazole rings is 1. The van der Waals surface area contributed by atoms with Gasteiger partial charge in [0.05, 0.1) is 28.7 Å². The van der Waals surface area contributed by atoms with Crippen molar-refractivity contribution >= 4 is 17.0 Å². The summed E-state index contributed by atoms with van der Waals surface area (Å²) in [7, 11) is 0. The summed E-state index contributed by atoms with van der Waals surface area (Å²) in [5.74, 6) is 0.310. The largest absolute Gasteiger partial charge is 0.389 e. The van der Waals surface area contributed by atoms with Crippen molar-refractivity contribution in [1.82, 2.24) is 9.55 Å². The van der Waals surface area contributed by atoms with Crippen LogP contribution < -0.4 is 5.73 Å². The number of hydrogen-bond donors (Lipinski definition) is 2. The minimum Gasteiger partial charge on any atom is -0.389 e. The van der Waals surface area contributed by atoms with Crippen LogP contribution in [0.2, 0.25) is 0 Å². The lowest BCUT2D eigenvalue weighted by Crippen LogP contribution is -2.26. The van der Waals surface area contributed by atoms with Crippen LogP contribution in [0, 0.1) is 11.3 Å². The Morgan fingerprint density at radius 2 is 2.24 bits per heavy atom. The first kappa shape index (κ1) is 11.4. The monoisotopic (exact) mass is 230 g/mol. The van der Waals surface area contributed by atoms with Gasteiger partial charge >= 0.3 is 0 Å². The first-order valence-electron chi connectivity index (χ1n) is 5.29. The SMILES string of the molecule is CC(C)(O)Cn1c(N)nc2cccc(C#N)c21. The summed E-state index contributed by atoms with van der Waals surface area (Å²) >= 11 is 0. The highest BCUT2D eigenvalue weighted by Gasteiger charge is 2.19. The molecular formula is C12H14N4O. The second kappa shape index (κ2) is 3.75. The zero-order chi connectivity index (χ0) is 12.6. The number of aromatic nitrogens is 2. The molecule has 1 aromatic carbocycles. The summed E-state index contributed by atoms with van der Waals surface area (Å²) in [6, 6.07) is 7.39. The molecule has 0 bridgehead atoms. The van der Waals surface area contributed by atoms with E-state index in [2.05, 4.69) is 11.1 Å². The lowest BCUT2D eigenvalue weighted by Gasteiger charge is -2.19. The quantitative estimate of drug-likeness (QED) is 0.813. The van der Waals surface area contributed by atoms with Gasteiger partial charge in [0.2, 0.25) is 5.95 Å². The van der Waals surface area contributed by atoms with Crippen LogP contribution in [0.5, 0.6) is 0 Å². The molecule has 0 unspecified atom stereocenters. The average Bonchev–Trinajstić information content (AvgIpc) is 2.53. The predicted molar refractivity (Wildman–Crippen MR) is 65.2 cm³/mol. The third kappa shape index (κ3) is 2.08. The second-order valence-corrected chi connectivity index (χ2v) is 4.65. The molecule has 5 heteroatoms. The number of nitrogen functional groups attached to an aromatic ring is 1. The van der Waals surface area contributed by atoms with Crippen molar-refractivity contribution < 1.29 is 5.11 Å². The fourth-order valence-corrected chi connectivity index (χ4v) is 1.84. The average molecular weight is 230 g/mol. The van der Waals surface area contributed by atoms with Gasteiger partial charge in [-0.05, 0) is 26.0 Å². The Morgan fingerprint density at radius 3 is 2.82 bits per heavy atom. The van der Waals surface area contributed by atoms with E-state index >= 15 is 0 Å². The summed E-state index contributed by atoms with van der Waals surface area (Å²) in [4.78, 5) is 4.18. The molecule has 0 aliphatic carbocycles. The predicted octanol–water partition coefficient (Wildman–Crippen LogP) is 1.26.